The first-order valence-electron chi connectivity index (χ1n) is 5.23. The van der Waals surface area contributed by atoms with Crippen LogP contribution in [0, 0.1) is 47.6 Å². The van der Waals surface area contributed by atoms with Crippen LogP contribution in [0.5, 0.6) is 0 Å². The lowest BCUT2D eigenvalue weighted by Gasteiger charge is -2.11. The van der Waals surface area contributed by atoms with Gasteiger partial charge >= 0.3 is 0 Å². The lowest BCUT2D eigenvalue weighted by Crippen LogP contribution is -2.05. The van der Waals surface area contributed by atoms with Gasteiger partial charge in [0.25, 0.3) is 0 Å². The van der Waals surface area contributed by atoms with Gasteiger partial charge in [0.05, 0.1) is 11.1 Å². The van der Waals surface area contributed by atoms with Crippen LogP contribution in [0.4, 0.5) is 30.7 Å². The third kappa shape index (κ3) is 2.03. The lowest BCUT2D eigenvalue weighted by molar-refractivity contribution is 0.452. The van der Waals surface area contributed by atoms with Crippen molar-refractivity contribution in [3.8, 4) is 11.1 Å². The molecular formula is C13H5F7. The standard InChI is InChI=1S/C13H5F7/c1-4-2-5(14)11(18)8(10(4)17)9-12(19)6(15)3-7(16)13(9)20/h2-3H,1H3. The monoisotopic (exact) mass is 294 g/mol. The Kier molecular flexibility index (Phi) is 3.45. The van der Waals surface area contributed by atoms with Crippen molar-refractivity contribution < 1.29 is 30.7 Å². The predicted molar refractivity (Wildman–Crippen MR) is 56.3 cm³/mol. The van der Waals surface area contributed by atoms with Crippen molar-refractivity contribution in [3.05, 3.63) is 58.4 Å². The number of hydrogen-bond donors (Lipinski definition) is 0. The number of rotatable bonds is 1. The van der Waals surface area contributed by atoms with Crippen LogP contribution in [0.3, 0.4) is 0 Å². The van der Waals surface area contributed by atoms with Gasteiger partial charge in [-0.2, -0.15) is 0 Å². The van der Waals surface area contributed by atoms with Gasteiger partial charge in [-0.15, -0.1) is 0 Å². The van der Waals surface area contributed by atoms with Crippen LogP contribution in [-0.4, -0.2) is 0 Å². The summed E-state index contributed by atoms with van der Waals surface area (Å²) in [5.41, 5.74) is -3.58. The van der Waals surface area contributed by atoms with Crippen molar-refractivity contribution in [2.45, 2.75) is 6.92 Å². The topological polar surface area (TPSA) is 0 Å². The van der Waals surface area contributed by atoms with Crippen molar-refractivity contribution in [1.82, 2.24) is 0 Å². The van der Waals surface area contributed by atoms with Crippen molar-refractivity contribution in [2.24, 2.45) is 0 Å². The van der Waals surface area contributed by atoms with E-state index in [-0.39, 0.29) is 6.07 Å². The zero-order valence-corrected chi connectivity index (χ0v) is 9.80. The number of benzene rings is 2. The molecule has 2 aromatic carbocycles. The van der Waals surface area contributed by atoms with Crippen LogP contribution < -0.4 is 0 Å². The normalized spacial score (nSPS) is 11.0. The molecule has 0 amide bonds. The van der Waals surface area contributed by atoms with E-state index >= 15 is 0 Å². The summed E-state index contributed by atoms with van der Waals surface area (Å²) in [7, 11) is 0. The zero-order chi connectivity index (χ0) is 15.2. The second kappa shape index (κ2) is 4.81. The van der Waals surface area contributed by atoms with E-state index in [1.54, 1.807) is 0 Å². The molecule has 0 heterocycles. The summed E-state index contributed by atoms with van der Waals surface area (Å²) in [6, 6.07) is 0.343. The molecule has 0 atom stereocenters. The fraction of sp³-hybridized carbons (Fsp3) is 0.0769. The van der Waals surface area contributed by atoms with Crippen molar-refractivity contribution >= 4 is 0 Å². The Balaban J connectivity index is 2.96. The van der Waals surface area contributed by atoms with E-state index in [1.807, 2.05) is 0 Å². The smallest absolute Gasteiger partial charge is 0.170 e. The Hall–Kier alpha value is -2.05. The van der Waals surface area contributed by atoms with Crippen molar-refractivity contribution in [1.29, 1.82) is 0 Å². The summed E-state index contributed by atoms with van der Waals surface area (Å²) in [6.45, 7) is 1.01. The molecular weight excluding hydrogens is 289 g/mol. The maximum absolute atomic E-state index is 13.8. The quantitative estimate of drug-likeness (QED) is 0.531. The Morgan fingerprint density at radius 2 is 0.900 bits per heavy atom. The van der Waals surface area contributed by atoms with Gasteiger partial charge in [0, 0.05) is 6.07 Å². The average molecular weight is 294 g/mol. The van der Waals surface area contributed by atoms with Gasteiger partial charge in [0.2, 0.25) is 0 Å². The third-order valence-electron chi connectivity index (χ3n) is 2.70. The minimum absolute atomic E-state index is 0.115. The first-order chi connectivity index (χ1) is 9.25. The van der Waals surface area contributed by atoms with Crippen LogP contribution in [0.15, 0.2) is 12.1 Å². The third-order valence-corrected chi connectivity index (χ3v) is 2.70. The van der Waals surface area contributed by atoms with Crippen molar-refractivity contribution in [2.75, 3.05) is 0 Å². The molecule has 0 aliphatic rings. The van der Waals surface area contributed by atoms with Crippen LogP contribution in [0.2, 0.25) is 0 Å². The molecule has 20 heavy (non-hydrogen) atoms. The van der Waals surface area contributed by atoms with E-state index in [0.717, 1.165) is 6.92 Å². The highest BCUT2D eigenvalue weighted by molar-refractivity contribution is 5.67. The summed E-state index contributed by atoms with van der Waals surface area (Å²) >= 11 is 0. The minimum atomic E-state index is -2.01. The summed E-state index contributed by atoms with van der Waals surface area (Å²) < 4.78 is 93.6. The SMILES string of the molecule is Cc1cc(F)c(F)c(-c2c(F)c(F)cc(F)c2F)c1F. The summed E-state index contributed by atoms with van der Waals surface area (Å²) in [5, 5.41) is 0. The first-order valence-corrected chi connectivity index (χ1v) is 5.23. The minimum Gasteiger partial charge on any atom is -0.206 e. The van der Waals surface area contributed by atoms with Gasteiger partial charge in [-0.3, -0.25) is 0 Å². The molecule has 2 rings (SSSR count). The van der Waals surface area contributed by atoms with Crippen LogP contribution >= 0.6 is 0 Å². The summed E-state index contributed by atoms with van der Waals surface area (Å²) in [5.74, 6) is -12.7. The number of aryl methyl sites for hydroxylation is 1. The zero-order valence-electron chi connectivity index (χ0n) is 9.80. The number of halogens is 7. The van der Waals surface area contributed by atoms with Crippen LogP contribution in [0.1, 0.15) is 5.56 Å². The molecule has 0 saturated carbocycles. The average Bonchev–Trinajstić information content (AvgIpc) is 2.38. The molecule has 0 aliphatic carbocycles. The second-order valence-corrected chi connectivity index (χ2v) is 4.02. The number of hydrogen-bond acceptors (Lipinski definition) is 0. The van der Waals surface area contributed by atoms with E-state index in [0.29, 0.717) is 6.07 Å². The molecule has 0 aromatic heterocycles. The van der Waals surface area contributed by atoms with E-state index < -0.39 is 57.4 Å². The van der Waals surface area contributed by atoms with Gasteiger partial charge in [0.15, 0.2) is 34.9 Å². The highest BCUT2D eigenvalue weighted by atomic mass is 19.2. The highest BCUT2D eigenvalue weighted by Crippen LogP contribution is 2.35. The van der Waals surface area contributed by atoms with Crippen molar-refractivity contribution in [3.63, 3.8) is 0 Å². The van der Waals surface area contributed by atoms with Gasteiger partial charge in [-0.1, -0.05) is 0 Å². The molecule has 0 radical (unpaired) electrons. The Bertz CT molecular complexity index is 593. The molecule has 7 heteroatoms. The Morgan fingerprint density at radius 1 is 0.550 bits per heavy atom. The molecule has 0 saturated heterocycles. The fourth-order valence-corrected chi connectivity index (χ4v) is 1.74. The molecule has 0 spiro atoms. The highest BCUT2D eigenvalue weighted by Gasteiger charge is 2.28. The first kappa shape index (κ1) is 14.4. The molecule has 2 aromatic rings. The summed E-state index contributed by atoms with van der Waals surface area (Å²) in [6.07, 6.45) is 0. The lowest BCUT2D eigenvalue weighted by atomic mass is 9.99. The second-order valence-electron chi connectivity index (χ2n) is 4.02. The molecule has 0 fully saturated rings. The van der Waals surface area contributed by atoms with Gasteiger partial charge in [0.1, 0.15) is 5.82 Å². The molecule has 0 aliphatic heterocycles. The predicted octanol–water partition coefficient (Wildman–Crippen LogP) is 4.64. The fourth-order valence-electron chi connectivity index (χ4n) is 1.74. The van der Waals surface area contributed by atoms with Crippen LogP contribution in [0.25, 0.3) is 11.1 Å². The van der Waals surface area contributed by atoms with Gasteiger partial charge < -0.3 is 0 Å². The van der Waals surface area contributed by atoms with Gasteiger partial charge in [-0.25, -0.2) is 30.7 Å². The van der Waals surface area contributed by atoms with E-state index in [1.165, 1.54) is 0 Å². The Labute approximate surface area is 108 Å². The molecule has 0 nitrogen and oxygen atoms in total. The molecule has 0 unspecified atom stereocenters. The largest absolute Gasteiger partial charge is 0.206 e. The van der Waals surface area contributed by atoms with Crippen LogP contribution in [-0.2, 0) is 0 Å². The van der Waals surface area contributed by atoms with E-state index in [9.17, 15) is 30.7 Å². The molecule has 106 valence electrons. The Morgan fingerprint density at radius 3 is 1.35 bits per heavy atom. The maximum Gasteiger partial charge on any atom is 0.170 e. The molecule has 0 N–H and O–H groups in total. The summed E-state index contributed by atoms with van der Waals surface area (Å²) in [4.78, 5) is 0. The van der Waals surface area contributed by atoms with E-state index in [2.05, 4.69) is 0 Å². The maximum atomic E-state index is 13.8. The molecule has 0 bridgehead atoms. The van der Waals surface area contributed by atoms with Gasteiger partial charge in [-0.05, 0) is 18.6 Å². The van der Waals surface area contributed by atoms with E-state index in [4.69, 9.17) is 0 Å².